The fraction of sp³-hybridized carbons (Fsp3) is 0. The Kier molecular flexibility index (Phi) is 2.54. The van der Waals surface area contributed by atoms with Crippen molar-refractivity contribution < 1.29 is 17.0 Å². The van der Waals surface area contributed by atoms with Crippen molar-refractivity contribution in [3.05, 3.63) is 0 Å². The second kappa shape index (κ2) is 1.78. The van der Waals surface area contributed by atoms with Crippen LogP contribution in [0.25, 0.3) is 0 Å². The van der Waals surface area contributed by atoms with Crippen molar-refractivity contribution in [2.75, 3.05) is 0 Å². The molecule has 0 aliphatic heterocycles. The van der Waals surface area contributed by atoms with Gasteiger partial charge < -0.3 is 0 Å². The van der Waals surface area contributed by atoms with E-state index in [-0.39, 0.29) is 0 Å². The van der Waals surface area contributed by atoms with E-state index in [1.807, 2.05) is 0 Å². The third-order valence-corrected chi connectivity index (χ3v) is 0. The predicted molar refractivity (Wildman–Crippen MR) is 35.1 cm³/mol. The first-order valence-corrected chi connectivity index (χ1v) is 15.2. The zero-order valence-electron chi connectivity index (χ0n) is 2.57. The molecule has 0 aliphatic carbocycles. The van der Waals surface area contributed by atoms with Crippen LogP contribution in [0.1, 0.15) is 0 Å². The number of halogens is 6. The van der Waals surface area contributed by atoms with Crippen LogP contribution in [-0.4, -0.2) is 0 Å². The average molecular weight is 378 g/mol. The fourth-order valence-electron chi connectivity index (χ4n) is 0. The third kappa shape index (κ3) is 49.0. The molecule has 7 heavy (non-hydrogen) atoms. The van der Waals surface area contributed by atoms with Gasteiger partial charge in [-0.1, -0.05) is 0 Å². The van der Waals surface area contributed by atoms with Crippen molar-refractivity contribution in [1.82, 2.24) is 0 Å². The Morgan fingerprint density at radius 2 is 0.571 bits per heavy atom. The molecule has 7 heteroatoms. The second-order valence-corrected chi connectivity index (χ2v) is 43.1. The molecule has 0 aromatic rings. The molecule has 0 unspecified atom stereocenters. The van der Waals surface area contributed by atoms with E-state index in [0.29, 0.717) is 0 Å². The van der Waals surface area contributed by atoms with Crippen molar-refractivity contribution in [2.45, 2.75) is 0 Å². The molecule has 0 bridgehead atoms. The van der Waals surface area contributed by atoms with Gasteiger partial charge in [-0.25, -0.2) is 0 Å². The van der Waals surface area contributed by atoms with Crippen LogP contribution in [0.2, 0.25) is 0 Å². The number of hydrogen-bond acceptors (Lipinski definition) is 0. The summed E-state index contributed by atoms with van der Waals surface area (Å²) in [5, 5.41) is 0. The van der Waals surface area contributed by atoms with E-state index < -0.39 is 17.0 Å². The van der Waals surface area contributed by atoms with Crippen LogP contribution in [0.5, 0.6) is 0 Å². The fourth-order valence-corrected chi connectivity index (χ4v) is 0. The average Bonchev–Trinajstić information content (AvgIpc) is 0.592. The summed E-state index contributed by atoms with van der Waals surface area (Å²) in [6.07, 6.45) is 30.3. The molecule has 0 saturated heterocycles. The van der Waals surface area contributed by atoms with Gasteiger partial charge in [-0.3, -0.25) is 0 Å². The maximum absolute atomic E-state index is 5.24. The van der Waals surface area contributed by atoms with E-state index in [4.69, 9.17) is 38.3 Å². The summed E-state index contributed by atoms with van der Waals surface area (Å²) in [6.45, 7) is 0. The monoisotopic (exact) mass is 375 g/mol. The summed E-state index contributed by atoms with van der Waals surface area (Å²) in [6, 6.07) is 0. The van der Waals surface area contributed by atoms with Crippen LogP contribution in [-0.2, 0) is 0 Å². The molecule has 0 amide bonds. The Bertz CT molecular complexity index is 62.7. The van der Waals surface area contributed by atoms with Crippen LogP contribution < -0.4 is 0 Å². The molecule has 0 radical (unpaired) electrons. The summed E-state index contributed by atoms with van der Waals surface area (Å²) >= 11 is -5.24. The number of rotatable bonds is 0. The first kappa shape index (κ1) is 10.00. The normalized spacial score (nSPS) is 23.1. The Morgan fingerprint density at radius 3 is 0.571 bits per heavy atom. The molecule has 0 aliphatic rings. The quantitative estimate of drug-likeness (QED) is 0.557. The van der Waals surface area contributed by atoms with E-state index in [1.165, 1.54) is 0 Å². The minimum atomic E-state index is -5.24. The van der Waals surface area contributed by atoms with Gasteiger partial charge in [-0.05, 0) is 0 Å². The Hall–Kier alpha value is 3.00. The molecule has 53 valence electrons. The molecule has 0 atom stereocenters. The van der Waals surface area contributed by atoms with Crippen LogP contribution in [0.4, 0.5) is 0 Å². The van der Waals surface area contributed by atoms with Gasteiger partial charge in [0, 0.05) is 0 Å². The van der Waals surface area contributed by atoms with E-state index in [1.54, 1.807) is 0 Å². The summed E-state index contributed by atoms with van der Waals surface area (Å²) in [5.74, 6) is 0. The molecule has 0 N–H and O–H groups in total. The number of hydrogen-bond donors (Lipinski definition) is 0. The van der Waals surface area contributed by atoms with E-state index in [2.05, 4.69) is 0 Å². The SMILES string of the molecule is [Cl][Ho]([Cl])([Cl])([Cl])([Cl])[Cl]. The van der Waals surface area contributed by atoms with Crippen molar-refractivity contribution in [3.8, 4) is 0 Å². The summed E-state index contributed by atoms with van der Waals surface area (Å²) < 4.78 is 0. The minimum absolute atomic E-state index is 5.05. The van der Waals surface area contributed by atoms with Crippen LogP contribution in [0.3, 0.4) is 0 Å². The van der Waals surface area contributed by atoms with Crippen molar-refractivity contribution >= 4 is 38.3 Å². The Labute approximate surface area is 53.6 Å². The molecule has 0 nitrogen and oxygen atoms in total. The molecule has 0 saturated carbocycles. The van der Waals surface area contributed by atoms with Crippen LogP contribution >= 0.6 is 38.3 Å². The van der Waals surface area contributed by atoms with Gasteiger partial charge >= 0.3 is 55.4 Å². The van der Waals surface area contributed by atoms with Crippen molar-refractivity contribution in [2.24, 2.45) is 0 Å². The molecule has 0 aromatic heterocycles. The topological polar surface area (TPSA) is 0 Å². The summed E-state index contributed by atoms with van der Waals surface area (Å²) in [7, 11) is 0. The molecule has 0 fully saturated rings. The predicted octanol–water partition coefficient (Wildman–Crippen LogP) is 4.14. The molecule has 0 spiro atoms. The Balaban J connectivity index is 4.43. The van der Waals surface area contributed by atoms with Gasteiger partial charge in [0.1, 0.15) is 0 Å². The van der Waals surface area contributed by atoms with E-state index in [0.717, 1.165) is 0 Å². The van der Waals surface area contributed by atoms with Gasteiger partial charge in [0.2, 0.25) is 0 Å². The molecule has 0 rings (SSSR count). The van der Waals surface area contributed by atoms with Crippen molar-refractivity contribution in [3.63, 3.8) is 0 Å². The van der Waals surface area contributed by atoms with Crippen LogP contribution in [0, 0.1) is 17.0 Å². The molecule has 0 heterocycles. The Morgan fingerprint density at radius 1 is 0.571 bits per heavy atom. The summed E-state index contributed by atoms with van der Waals surface area (Å²) in [4.78, 5) is 0. The maximum atomic E-state index is 5.05. The van der Waals surface area contributed by atoms with E-state index >= 15 is 0 Å². The zero-order chi connectivity index (χ0) is 6.41. The van der Waals surface area contributed by atoms with E-state index in [9.17, 15) is 0 Å². The zero-order valence-corrected chi connectivity index (χ0v) is 9.04. The van der Waals surface area contributed by atoms with Gasteiger partial charge in [-0.15, -0.1) is 0 Å². The standard InChI is InChI=1S/6ClH.Ho/h6*1H;/q;;;;;;+6/p-6. The molecule has 0 aromatic carbocycles. The first-order valence-electron chi connectivity index (χ1n) is 0.684. The van der Waals surface area contributed by atoms with Crippen molar-refractivity contribution in [1.29, 1.82) is 0 Å². The second-order valence-electron chi connectivity index (χ2n) is 0.646. The molecular weight excluding hydrogens is 378 g/mol. The molecular formula is Cl6Ho. The summed E-state index contributed by atoms with van der Waals surface area (Å²) in [5.41, 5.74) is 0. The van der Waals surface area contributed by atoms with Gasteiger partial charge in [0.05, 0.1) is 0 Å². The van der Waals surface area contributed by atoms with Gasteiger partial charge in [0.15, 0.2) is 0 Å². The van der Waals surface area contributed by atoms with Gasteiger partial charge in [-0.2, -0.15) is 0 Å². The van der Waals surface area contributed by atoms with Crippen LogP contribution in [0.15, 0.2) is 0 Å². The first-order chi connectivity index (χ1) is 2.45. The third-order valence-electron chi connectivity index (χ3n) is 0. The van der Waals surface area contributed by atoms with Gasteiger partial charge in [0.25, 0.3) is 0 Å².